The molecule has 1 aromatic carbocycles. The number of hydrogen-bond donors (Lipinski definition) is 0. The molecule has 7 heteroatoms. The van der Waals surface area contributed by atoms with E-state index in [0.29, 0.717) is 23.7 Å². The van der Waals surface area contributed by atoms with E-state index in [1.807, 2.05) is 0 Å². The van der Waals surface area contributed by atoms with Gasteiger partial charge in [-0.3, -0.25) is 9.38 Å². The van der Waals surface area contributed by atoms with Crippen molar-refractivity contribution in [1.29, 1.82) is 0 Å². The average Bonchev–Trinajstić information content (AvgIpc) is 2.89. The van der Waals surface area contributed by atoms with Crippen molar-refractivity contribution in [2.24, 2.45) is 0 Å². The van der Waals surface area contributed by atoms with E-state index >= 15 is 0 Å². The van der Waals surface area contributed by atoms with Gasteiger partial charge in [-0.15, -0.1) is 0 Å². The summed E-state index contributed by atoms with van der Waals surface area (Å²) in [5.41, 5.74) is 0.334. The van der Waals surface area contributed by atoms with Gasteiger partial charge in [-0.2, -0.15) is 8.78 Å². The zero-order valence-corrected chi connectivity index (χ0v) is 13.4. The molecule has 0 bridgehead atoms. The maximum absolute atomic E-state index is 14.2. The number of ether oxygens (including phenoxy) is 1. The Morgan fingerprint density at radius 3 is 2.17 bits per heavy atom. The molecule has 3 rings (SSSR count). The van der Waals surface area contributed by atoms with Crippen LogP contribution in [0.15, 0.2) is 42.9 Å². The molecule has 0 saturated heterocycles. The summed E-state index contributed by atoms with van der Waals surface area (Å²) in [6, 6.07) is 6.11. The van der Waals surface area contributed by atoms with E-state index in [1.165, 1.54) is 26.0 Å². The minimum atomic E-state index is -3.24. The van der Waals surface area contributed by atoms with Crippen LogP contribution in [0.25, 0.3) is 16.8 Å². The first-order chi connectivity index (χ1) is 11.1. The van der Waals surface area contributed by atoms with E-state index in [9.17, 15) is 13.2 Å². The molecule has 0 amide bonds. The molecular formula is C17H16F3N3O. The molecule has 0 fully saturated rings. The Labute approximate surface area is 136 Å². The van der Waals surface area contributed by atoms with Crippen molar-refractivity contribution in [1.82, 2.24) is 14.4 Å². The Balaban J connectivity index is 1.97. The maximum Gasteiger partial charge on any atom is 0.394 e. The quantitative estimate of drug-likeness (QED) is 0.700. The van der Waals surface area contributed by atoms with Crippen LogP contribution in [0.2, 0.25) is 0 Å². The molecule has 3 aromatic rings. The third-order valence-electron chi connectivity index (χ3n) is 3.39. The molecule has 24 heavy (non-hydrogen) atoms. The number of fused-ring (bicyclic) bond motifs is 1. The van der Waals surface area contributed by atoms with E-state index in [1.54, 1.807) is 35.1 Å². The van der Waals surface area contributed by atoms with Crippen LogP contribution >= 0.6 is 0 Å². The van der Waals surface area contributed by atoms with E-state index < -0.39 is 11.8 Å². The highest BCUT2D eigenvalue weighted by Gasteiger charge is 2.25. The third kappa shape index (κ3) is 3.34. The van der Waals surface area contributed by atoms with Crippen molar-refractivity contribution < 1.29 is 17.9 Å². The number of benzene rings is 1. The second-order valence-corrected chi connectivity index (χ2v) is 6.06. The Morgan fingerprint density at radius 2 is 1.58 bits per heavy atom. The van der Waals surface area contributed by atoms with Crippen molar-refractivity contribution in [2.45, 2.75) is 32.5 Å². The number of alkyl halides is 3. The van der Waals surface area contributed by atoms with Gasteiger partial charge in [-0.05, 0) is 38.1 Å². The van der Waals surface area contributed by atoms with Crippen molar-refractivity contribution in [3.05, 3.63) is 48.7 Å². The van der Waals surface area contributed by atoms with Crippen molar-refractivity contribution in [3.63, 3.8) is 0 Å². The van der Waals surface area contributed by atoms with E-state index in [-0.39, 0.29) is 11.6 Å². The fourth-order valence-electron chi connectivity index (χ4n) is 2.39. The monoisotopic (exact) mass is 335 g/mol. The summed E-state index contributed by atoms with van der Waals surface area (Å²) in [5, 5.41) is 0. The summed E-state index contributed by atoms with van der Waals surface area (Å²) in [6.07, 6.45) is 1.57. The molecule has 126 valence electrons. The number of imidazole rings is 1. The zero-order chi connectivity index (χ0) is 17.5. The van der Waals surface area contributed by atoms with E-state index in [2.05, 4.69) is 14.7 Å². The predicted octanol–water partition coefficient (Wildman–Crippen LogP) is 4.59. The zero-order valence-electron chi connectivity index (χ0n) is 13.4. The number of rotatable bonds is 4. The Bertz CT molecular complexity index is 861. The van der Waals surface area contributed by atoms with E-state index in [4.69, 9.17) is 0 Å². The van der Waals surface area contributed by atoms with E-state index in [0.717, 1.165) is 0 Å². The van der Waals surface area contributed by atoms with Gasteiger partial charge >= 0.3 is 6.11 Å². The molecule has 0 aliphatic heterocycles. The lowest BCUT2D eigenvalue weighted by molar-refractivity contribution is -0.158. The van der Waals surface area contributed by atoms with Gasteiger partial charge in [0.15, 0.2) is 11.5 Å². The van der Waals surface area contributed by atoms with Crippen LogP contribution in [0.1, 0.15) is 26.6 Å². The molecule has 0 saturated carbocycles. The largest absolute Gasteiger partial charge is 0.433 e. The maximum atomic E-state index is 14.2. The summed E-state index contributed by atoms with van der Waals surface area (Å²) >= 11 is 0. The lowest BCUT2D eigenvalue weighted by Crippen LogP contribution is -2.18. The van der Waals surface area contributed by atoms with Crippen molar-refractivity contribution >= 4 is 5.52 Å². The molecular weight excluding hydrogens is 319 g/mol. The van der Waals surface area contributed by atoms with Gasteiger partial charge in [0.1, 0.15) is 5.75 Å². The standard InChI is InChI=1S/C17H16F3N3O/c1-16(2,18)15-22-9-12-8-21-14(10-23(12)15)11-4-6-13(7-5-11)24-17(3,19)20/h4-10H,1-3H3. The second-order valence-electron chi connectivity index (χ2n) is 6.06. The first-order valence-corrected chi connectivity index (χ1v) is 7.33. The van der Waals surface area contributed by atoms with Gasteiger partial charge in [-0.25, -0.2) is 9.37 Å². The van der Waals surface area contributed by atoms with Gasteiger partial charge in [0.2, 0.25) is 0 Å². The van der Waals surface area contributed by atoms with Gasteiger partial charge in [0.05, 0.1) is 23.6 Å². The van der Waals surface area contributed by atoms with Crippen LogP contribution in [-0.2, 0) is 5.67 Å². The molecule has 0 aliphatic rings. The highest BCUT2D eigenvalue weighted by molar-refractivity contribution is 5.61. The minimum Gasteiger partial charge on any atom is -0.433 e. The van der Waals surface area contributed by atoms with Gasteiger partial charge in [0, 0.05) is 18.7 Å². The first-order valence-electron chi connectivity index (χ1n) is 7.33. The van der Waals surface area contributed by atoms with Crippen LogP contribution in [-0.4, -0.2) is 20.5 Å². The van der Waals surface area contributed by atoms with Gasteiger partial charge in [-0.1, -0.05) is 0 Å². The molecule has 0 aliphatic carbocycles. The first kappa shape index (κ1) is 16.3. The highest BCUT2D eigenvalue weighted by Crippen LogP contribution is 2.27. The second kappa shape index (κ2) is 5.51. The predicted molar refractivity (Wildman–Crippen MR) is 83.8 cm³/mol. The fraction of sp³-hybridized carbons (Fsp3) is 0.294. The average molecular weight is 335 g/mol. The summed E-state index contributed by atoms with van der Waals surface area (Å²) in [7, 11) is 0. The molecule has 0 atom stereocenters. The van der Waals surface area contributed by atoms with Crippen LogP contribution in [0.3, 0.4) is 0 Å². The topological polar surface area (TPSA) is 39.4 Å². The molecule has 0 spiro atoms. The van der Waals surface area contributed by atoms with Gasteiger partial charge in [0.25, 0.3) is 0 Å². The minimum absolute atomic E-state index is 0.0561. The van der Waals surface area contributed by atoms with Crippen molar-refractivity contribution in [2.75, 3.05) is 0 Å². The number of hydrogen-bond acceptors (Lipinski definition) is 3. The Hall–Kier alpha value is -2.57. The summed E-state index contributed by atoms with van der Waals surface area (Å²) in [4.78, 5) is 8.40. The molecule has 4 nitrogen and oxygen atoms in total. The Morgan fingerprint density at radius 1 is 0.958 bits per heavy atom. The summed E-state index contributed by atoms with van der Waals surface area (Å²) < 4.78 is 46.1. The highest BCUT2D eigenvalue weighted by atomic mass is 19.3. The molecule has 0 unspecified atom stereocenters. The fourth-order valence-corrected chi connectivity index (χ4v) is 2.39. The normalized spacial score (nSPS) is 12.6. The summed E-state index contributed by atoms with van der Waals surface area (Å²) in [5.74, 6) is 0.326. The van der Waals surface area contributed by atoms with Crippen LogP contribution in [0.4, 0.5) is 13.2 Å². The molecule has 0 radical (unpaired) electrons. The number of nitrogens with zero attached hydrogens (tertiary/aromatic N) is 3. The summed E-state index contributed by atoms with van der Waals surface area (Å²) in [6.45, 7) is 3.54. The lowest BCUT2D eigenvalue weighted by Gasteiger charge is -2.14. The molecule has 0 N–H and O–H groups in total. The molecule has 2 aromatic heterocycles. The third-order valence-corrected chi connectivity index (χ3v) is 3.39. The number of halogens is 3. The van der Waals surface area contributed by atoms with Crippen LogP contribution < -0.4 is 4.74 Å². The van der Waals surface area contributed by atoms with Crippen LogP contribution in [0.5, 0.6) is 5.75 Å². The lowest BCUT2D eigenvalue weighted by atomic mass is 10.1. The van der Waals surface area contributed by atoms with Crippen molar-refractivity contribution in [3.8, 4) is 17.0 Å². The molecule has 2 heterocycles. The Kier molecular flexibility index (Phi) is 3.74. The van der Waals surface area contributed by atoms with Crippen LogP contribution in [0, 0.1) is 0 Å². The smallest absolute Gasteiger partial charge is 0.394 e. The SMILES string of the molecule is CC(F)(F)Oc1ccc(-c2cn3c(C(C)(C)F)ncc3cn2)cc1. The number of aromatic nitrogens is 3. The van der Waals surface area contributed by atoms with Gasteiger partial charge < -0.3 is 4.74 Å².